The molecule has 2 heterocycles. The molecule has 0 aliphatic heterocycles. The first-order valence-electron chi connectivity index (χ1n) is 6.00. The maximum absolute atomic E-state index is 9.92. The van der Waals surface area contributed by atoms with E-state index in [0.29, 0.717) is 0 Å². The molecule has 0 spiro atoms. The van der Waals surface area contributed by atoms with Crippen LogP contribution in [-0.2, 0) is 13.0 Å². The van der Waals surface area contributed by atoms with Crippen molar-refractivity contribution in [1.29, 1.82) is 0 Å². The quantitative estimate of drug-likeness (QED) is 0.887. The van der Waals surface area contributed by atoms with Crippen molar-refractivity contribution in [3.63, 3.8) is 0 Å². The number of aliphatic hydroxyl groups is 1. The van der Waals surface area contributed by atoms with Crippen LogP contribution in [0, 0.1) is 6.92 Å². The monoisotopic (exact) mass is 248 g/mol. The maximum atomic E-state index is 9.92. The van der Waals surface area contributed by atoms with Crippen molar-refractivity contribution in [1.82, 2.24) is 9.55 Å². The molecule has 1 aliphatic carbocycles. The smallest absolute Gasteiger partial charge is 0.0898 e. The highest BCUT2D eigenvalue weighted by Gasteiger charge is 2.19. The second-order valence-corrected chi connectivity index (χ2v) is 5.74. The van der Waals surface area contributed by atoms with Gasteiger partial charge in [-0.05, 0) is 31.7 Å². The van der Waals surface area contributed by atoms with Crippen molar-refractivity contribution in [2.24, 2.45) is 0 Å². The highest BCUT2D eigenvalue weighted by atomic mass is 32.1. The summed E-state index contributed by atoms with van der Waals surface area (Å²) in [5.74, 6) is 0. The zero-order valence-electron chi connectivity index (χ0n) is 9.89. The zero-order chi connectivity index (χ0) is 11.8. The Kier molecular flexibility index (Phi) is 2.76. The predicted octanol–water partition coefficient (Wildman–Crippen LogP) is 2.67. The van der Waals surface area contributed by atoms with E-state index in [4.69, 9.17) is 0 Å². The Labute approximate surface area is 105 Å². The Bertz CT molecular complexity index is 529. The van der Waals surface area contributed by atoms with Crippen LogP contribution < -0.4 is 0 Å². The predicted molar refractivity (Wildman–Crippen MR) is 68.3 cm³/mol. The average molecular weight is 248 g/mol. The summed E-state index contributed by atoms with van der Waals surface area (Å²) in [6, 6.07) is 0. The van der Waals surface area contributed by atoms with Crippen LogP contribution in [0.2, 0.25) is 0 Å². The van der Waals surface area contributed by atoms with E-state index in [2.05, 4.69) is 27.3 Å². The lowest BCUT2D eigenvalue weighted by molar-refractivity contribution is 0.157. The summed E-state index contributed by atoms with van der Waals surface area (Å²) in [5.41, 5.74) is 3.52. The minimum absolute atomic E-state index is 0.267. The van der Waals surface area contributed by atoms with E-state index >= 15 is 0 Å². The third-order valence-corrected chi connectivity index (χ3v) is 4.11. The molecule has 0 radical (unpaired) electrons. The van der Waals surface area contributed by atoms with Gasteiger partial charge < -0.3 is 9.67 Å². The van der Waals surface area contributed by atoms with E-state index in [9.17, 15) is 5.11 Å². The summed E-state index contributed by atoms with van der Waals surface area (Å²) in [4.78, 5) is 4.47. The van der Waals surface area contributed by atoms with Crippen LogP contribution in [0.3, 0.4) is 0 Å². The average Bonchev–Trinajstić information content (AvgIpc) is 2.86. The van der Waals surface area contributed by atoms with Gasteiger partial charge in [0.15, 0.2) is 0 Å². The summed E-state index contributed by atoms with van der Waals surface area (Å²) >= 11 is 1.69. The second kappa shape index (κ2) is 4.27. The number of hydrogen-bond acceptors (Lipinski definition) is 3. The van der Waals surface area contributed by atoms with Gasteiger partial charge in [0.25, 0.3) is 0 Å². The van der Waals surface area contributed by atoms with Crippen LogP contribution in [-0.4, -0.2) is 14.7 Å². The van der Waals surface area contributed by atoms with Crippen LogP contribution in [0.1, 0.15) is 40.8 Å². The molecule has 0 aromatic carbocycles. The van der Waals surface area contributed by atoms with Crippen molar-refractivity contribution in [2.75, 3.05) is 0 Å². The molecular weight excluding hydrogens is 232 g/mol. The first-order chi connectivity index (χ1) is 8.22. The number of aromatic nitrogens is 2. The molecule has 1 unspecified atom stereocenters. The molecule has 3 rings (SSSR count). The van der Waals surface area contributed by atoms with Crippen LogP contribution in [0.25, 0.3) is 0 Å². The van der Waals surface area contributed by atoms with Gasteiger partial charge in [-0.15, -0.1) is 11.3 Å². The molecule has 0 saturated carbocycles. The molecule has 0 saturated heterocycles. The van der Waals surface area contributed by atoms with Crippen LogP contribution in [0.4, 0.5) is 0 Å². The fourth-order valence-electron chi connectivity index (χ4n) is 2.48. The number of rotatable bonds is 2. The molecule has 1 atom stereocenters. The van der Waals surface area contributed by atoms with Crippen molar-refractivity contribution < 1.29 is 5.11 Å². The molecule has 0 fully saturated rings. The molecule has 0 bridgehead atoms. The molecule has 0 amide bonds. The second-order valence-electron chi connectivity index (χ2n) is 4.68. The van der Waals surface area contributed by atoms with Gasteiger partial charge in [0.1, 0.15) is 0 Å². The standard InChI is InChI=1S/C13H16N2OS/c1-9-14-11(8-17-9)6-15-5-10-3-2-4-13(16)12(10)7-15/h5,7-8,13,16H,2-4,6H2,1H3. The van der Waals surface area contributed by atoms with Crippen molar-refractivity contribution in [3.05, 3.63) is 39.6 Å². The number of thiazole rings is 1. The molecule has 2 aromatic rings. The Morgan fingerprint density at radius 2 is 2.41 bits per heavy atom. The Morgan fingerprint density at radius 1 is 1.53 bits per heavy atom. The van der Waals surface area contributed by atoms with E-state index in [0.717, 1.165) is 42.1 Å². The Morgan fingerprint density at radius 3 is 3.12 bits per heavy atom. The molecule has 2 aromatic heterocycles. The van der Waals surface area contributed by atoms with Crippen LogP contribution in [0.5, 0.6) is 0 Å². The van der Waals surface area contributed by atoms with E-state index in [-0.39, 0.29) is 6.10 Å². The van der Waals surface area contributed by atoms with Gasteiger partial charge in [-0.25, -0.2) is 4.98 Å². The topological polar surface area (TPSA) is 38.0 Å². The first-order valence-corrected chi connectivity index (χ1v) is 6.88. The molecule has 1 aliphatic rings. The lowest BCUT2D eigenvalue weighted by Crippen LogP contribution is -2.05. The van der Waals surface area contributed by atoms with E-state index in [1.165, 1.54) is 5.56 Å². The number of aryl methyl sites for hydroxylation is 2. The number of fused-ring (bicyclic) bond motifs is 1. The third-order valence-electron chi connectivity index (χ3n) is 3.29. The first kappa shape index (κ1) is 11.0. The lowest BCUT2D eigenvalue weighted by Gasteiger charge is -2.16. The highest BCUT2D eigenvalue weighted by molar-refractivity contribution is 7.09. The van der Waals surface area contributed by atoms with Crippen molar-refractivity contribution >= 4 is 11.3 Å². The van der Waals surface area contributed by atoms with Crippen molar-refractivity contribution in [2.45, 2.75) is 38.8 Å². The minimum atomic E-state index is -0.267. The summed E-state index contributed by atoms with van der Waals surface area (Å²) in [5, 5.41) is 13.1. The summed E-state index contributed by atoms with van der Waals surface area (Å²) in [7, 11) is 0. The summed E-state index contributed by atoms with van der Waals surface area (Å²) < 4.78 is 2.15. The number of aliphatic hydroxyl groups excluding tert-OH is 1. The SMILES string of the molecule is Cc1nc(Cn2cc3c(c2)C(O)CCC3)cs1. The molecule has 90 valence electrons. The maximum Gasteiger partial charge on any atom is 0.0898 e. The van der Waals surface area contributed by atoms with Gasteiger partial charge in [-0.2, -0.15) is 0 Å². The van der Waals surface area contributed by atoms with Gasteiger partial charge in [0.05, 0.1) is 23.4 Å². The van der Waals surface area contributed by atoms with Gasteiger partial charge in [0, 0.05) is 23.3 Å². The van der Waals surface area contributed by atoms with Crippen LogP contribution >= 0.6 is 11.3 Å². The highest BCUT2D eigenvalue weighted by Crippen LogP contribution is 2.30. The Hall–Kier alpha value is -1.13. The number of hydrogen-bond donors (Lipinski definition) is 1. The van der Waals surface area contributed by atoms with Gasteiger partial charge >= 0.3 is 0 Å². The van der Waals surface area contributed by atoms with Gasteiger partial charge in [-0.1, -0.05) is 0 Å². The molecule has 17 heavy (non-hydrogen) atoms. The van der Waals surface area contributed by atoms with E-state index in [1.807, 2.05) is 6.92 Å². The molecule has 4 heteroatoms. The van der Waals surface area contributed by atoms with Gasteiger partial charge in [0.2, 0.25) is 0 Å². The molecule has 1 N–H and O–H groups in total. The van der Waals surface area contributed by atoms with E-state index < -0.39 is 0 Å². The summed E-state index contributed by atoms with van der Waals surface area (Å²) in [6.07, 6.45) is 7.05. The molecular formula is C13H16N2OS. The number of nitrogens with zero attached hydrogens (tertiary/aromatic N) is 2. The van der Waals surface area contributed by atoms with Crippen LogP contribution in [0.15, 0.2) is 17.8 Å². The zero-order valence-corrected chi connectivity index (χ0v) is 10.7. The largest absolute Gasteiger partial charge is 0.388 e. The summed E-state index contributed by atoms with van der Waals surface area (Å²) in [6.45, 7) is 2.84. The fraction of sp³-hybridized carbons (Fsp3) is 0.462. The third kappa shape index (κ3) is 2.15. The fourth-order valence-corrected chi connectivity index (χ4v) is 3.09. The normalized spacial score (nSPS) is 19.3. The van der Waals surface area contributed by atoms with Gasteiger partial charge in [-0.3, -0.25) is 0 Å². The minimum Gasteiger partial charge on any atom is -0.388 e. The molecule has 3 nitrogen and oxygen atoms in total. The Balaban J connectivity index is 1.85. The van der Waals surface area contributed by atoms with Crippen molar-refractivity contribution in [3.8, 4) is 0 Å². The van der Waals surface area contributed by atoms with E-state index in [1.54, 1.807) is 11.3 Å². The lowest BCUT2D eigenvalue weighted by atomic mass is 9.93.